The normalized spacial score (nSPS) is 10.8. The van der Waals surface area contributed by atoms with Gasteiger partial charge >= 0.3 is 0 Å². The minimum atomic E-state index is 0.539. The van der Waals surface area contributed by atoms with E-state index in [0.29, 0.717) is 11.6 Å². The molecule has 1 nitrogen and oxygen atoms in total. The molecule has 0 saturated carbocycles. The summed E-state index contributed by atoms with van der Waals surface area (Å²) in [5.41, 5.74) is 0. The number of rotatable bonds is 3. The van der Waals surface area contributed by atoms with E-state index in [2.05, 4.69) is 12.1 Å². The zero-order chi connectivity index (χ0) is 13.2. The molecule has 0 aliphatic carbocycles. The maximum absolute atomic E-state index is 6.16. The summed E-state index contributed by atoms with van der Waals surface area (Å²) < 4.78 is 6.91. The number of hydrogen-bond donors (Lipinski definition) is 0. The third kappa shape index (κ3) is 2.86. The second-order valence-corrected chi connectivity index (χ2v) is 6.12. The van der Waals surface area contributed by atoms with Crippen LogP contribution in [0.4, 0.5) is 0 Å². The van der Waals surface area contributed by atoms with E-state index in [9.17, 15) is 0 Å². The van der Waals surface area contributed by atoms with Gasteiger partial charge < -0.3 is 4.74 Å². The lowest BCUT2D eigenvalue weighted by Gasteiger charge is -2.03. The predicted octanol–water partition coefficient (Wildman–Crippen LogP) is 5.79. The Morgan fingerprint density at radius 2 is 1.79 bits per heavy atom. The standard InChI is InChI=1S/C15H10Cl2OS/c16-10-4-6-11(7-5-10)18-9-12-8-13-14(17)2-1-3-15(13)19-12/h1-8H,9H2. The summed E-state index contributed by atoms with van der Waals surface area (Å²) in [6, 6.07) is 15.4. The molecule has 3 rings (SSSR count). The molecule has 1 aromatic heterocycles. The second kappa shape index (κ2) is 5.41. The molecule has 0 spiro atoms. The van der Waals surface area contributed by atoms with E-state index in [0.717, 1.165) is 21.0 Å². The van der Waals surface area contributed by atoms with Gasteiger partial charge in [0.1, 0.15) is 12.4 Å². The minimum absolute atomic E-state index is 0.539. The Kier molecular flexibility index (Phi) is 3.65. The zero-order valence-corrected chi connectivity index (χ0v) is 12.2. The highest BCUT2D eigenvalue weighted by molar-refractivity contribution is 7.19. The van der Waals surface area contributed by atoms with Crippen molar-refractivity contribution >= 4 is 44.6 Å². The molecule has 0 bridgehead atoms. The maximum Gasteiger partial charge on any atom is 0.122 e. The molecule has 0 saturated heterocycles. The lowest BCUT2D eigenvalue weighted by atomic mass is 10.2. The molecule has 0 N–H and O–H groups in total. The van der Waals surface area contributed by atoms with Crippen molar-refractivity contribution in [3.8, 4) is 5.75 Å². The summed E-state index contributed by atoms with van der Waals surface area (Å²) in [5, 5.41) is 2.58. The van der Waals surface area contributed by atoms with Crippen molar-refractivity contribution in [2.24, 2.45) is 0 Å². The van der Waals surface area contributed by atoms with Crippen molar-refractivity contribution in [2.45, 2.75) is 6.61 Å². The lowest BCUT2D eigenvalue weighted by Crippen LogP contribution is -1.91. The second-order valence-electron chi connectivity index (χ2n) is 4.11. The SMILES string of the molecule is Clc1ccc(OCc2cc3c(Cl)cccc3s2)cc1. The number of ether oxygens (including phenoxy) is 1. The highest BCUT2D eigenvalue weighted by Crippen LogP contribution is 2.31. The van der Waals surface area contributed by atoms with Crippen LogP contribution in [-0.2, 0) is 6.61 Å². The summed E-state index contributed by atoms with van der Waals surface area (Å²) in [6.45, 7) is 0.539. The van der Waals surface area contributed by atoms with Gasteiger partial charge in [-0.15, -0.1) is 11.3 Å². The Morgan fingerprint density at radius 3 is 2.53 bits per heavy atom. The molecule has 1 heterocycles. The minimum Gasteiger partial charge on any atom is -0.488 e. The van der Waals surface area contributed by atoms with E-state index in [1.807, 2.05) is 36.4 Å². The van der Waals surface area contributed by atoms with Gasteiger partial charge in [0.25, 0.3) is 0 Å². The van der Waals surface area contributed by atoms with Crippen LogP contribution in [0.1, 0.15) is 4.88 Å². The molecule has 3 aromatic rings. The average molecular weight is 309 g/mol. The first-order valence-electron chi connectivity index (χ1n) is 5.78. The molecule has 0 amide bonds. The van der Waals surface area contributed by atoms with Crippen LogP contribution in [0.2, 0.25) is 10.0 Å². The monoisotopic (exact) mass is 308 g/mol. The molecule has 19 heavy (non-hydrogen) atoms. The first-order valence-corrected chi connectivity index (χ1v) is 7.35. The summed E-state index contributed by atoms with van der Waals surface area (Å²) >= 11 is 13.7. The molecule has 0 fully saturated rings. The highest BCUT2D eigenvalue weighted by atomic mass is 35.5. The van der Waals surface area contributed by atoms with Crippen LogP contribution < -0.4 is 4.74 Å². The van der Waals surface area contributed by atoms with Gasteiger partial charge in [-0.25, -0.2) is 0 Å². The van der Waals surface area contributed by atoms with Crippen molar-refractivity contribution in [2.75, 3.05) is 0 Å². The number of fused-ring (bicyclic) bond motifs is 1. The summed E-state index contributed by atoms with van der Waals surface area (Å²) in [4.78, 5) is 1.15. The fourth-order valence-corrected chi connectivity index (χ4v) is 3.25. The van der Waals surface area contributed by atoms with Gasteiger partial charge in [0.05, 0.1) is 0 Å². The van der Waals surface area contributed by atoms with Crippen molar-refractivity contribution < 1.29 is 4.74 Å². The molecule has 0 radical (unpaired) electrons. The number of hydrogen-bond acceptors (Lipinski definition) is 2. The number of halogens is 2. The maximum atomic E-state index is 6.16. The Morgan fingerprint density at radius 1 is 1.00 bits per heavy atom. The van der Waals surface area contributed by atoms with E-state index in [1.54, 1.807) is 11.3 Å². The summed E-state index contributed by atoms with van der Waals surface area (Å²) in [6.07, 6.45) is 0. The van der Waals surface area contributed by atoms with Gasteiger partial charge in [0.2, 0.25) is 0 Å². The van der Waals surface area contributed by atoms with Crippen LogP contribution in [0.5, 0.6) is 5.75 Å². The first kappa shape index (κ1) is 12.8. The van der Waals surface area contributed by atoms with Gasteiger partial charge in [-0.3, -0.25) is 0 Å². The summed E-state index contributed by atoms with van der Waals surface area (Å²) in [7, 11) is 0. The molecule has 2 aromatic carbocycles. The first-order chi connectivity index (χ1) is 9.22. The molecule has 0 atom stereocenters. The van der Waals surface area contributed by atoms with Gasteiger partial charge in [-0.1, -0.05) is 29.3 Å². The van der Waals surface area contributed by atoms with E-state index in [-0.39, 0.29) is 0 Å². The molecule has 96 valence electrons. The lowest BCUT2D eigenvalue weighted by molar-refractivity contribution is 0.310. The van der Waals surface area contributed by atoms with E-state index in [1.165, 1.54) is 4.70 Å². The molecule has 0 aliphatic heterocycles. The average Bonchev–Trinajstić information content (AvgIpc) is 2.83. The third-order valence-corrected chi connectivity index (χ3v) is 4.41. The van der Waals surface area contributed by atoms with E-state index >= 15 is 0 Å². The largest absolute Gasteiger partial charge is 0.488 e. The van der Waals surface area contributed by atoms with Crippen molar-refractivity contribution in [1.82, 2.24) is 0 Å². The van der Waals surface area contributed by atoms with Gasteiger partial charge in [0.15, 0.2) is 0 Å². The molecular formula is C15H10Cl2OS. The number of thiophene rings is 1. The molecule has 0 aliphatic rings. The Hall–Kier alpha value is -1.22. The Balaban J connectivity index is 1.78. The van der Waals surface area contributed by atoms with Crippen LogP contribution in [0, 0.1) is 0 Å². The fraction of sp³-hybridized carbons (Fsp3) is 0.0667. The topological polar surface area (TPSA) is 9.23 Å². The van der Waals surface area contributed by atoms with Crippen LogP contribution in [0.25, 0.3) is 10.1 Å². The van der Waals surface area contributed by atoms with E-state index in [4.69, 9.17) is 27.9 Å². The number of benzene rings is 2. The Labute approximate surface area is 125 Å². The van der Waals surface area contributed by atoms with Crippen molar-refractivity contribution in [3.63, 3.8) is 0 Å². The quantitative estimate of drug-likeness (QED) is 0.595. The van der Waals surface area contributed by atoms with Crippen molar-refractivity contribution in [1.29, 1.82) is 0 Å². The third-order valence-electron chi connectivity index (χ3n) is 2.75. The molecular weight excluding hydrogens is 299 g/mol. The van der Waals surface area contributed by atoms with Crippen LogP contribution >= 0.6 is 34.5 Å². The summed E-state index contributed by atoms with van der Waals surface area (Å²) in [5.74, 6) is 0.813. The predicted molar refractivity (Wildman–Crippen MR) is 82.6 cm³/mol. The highest BCUT2D eigenvalue weighted by Gasteiger charge is 2.05. The van der Waals surface area contributed by atoms with Crippen LogP contribution in [-0.4, -0.2) is 0 Å². The van der Waals surface area contributed by atoms with Gasteiger partial charge in [-0.05, 0) is 42.5 Å². The molecule has 4 heteroatoms. The smallest absolute Gasteiger partial charge is 0.122 e. The fourth-order valence-electron chi connectivity index (χ4n) is 1.83. The van der Waals surface area contributed by atoms with E-state index < -0.39 is 0 Å². The van der Waals surface area contributed by atoms with Gasteiger partial charge in [0, 0.05) is 25.0 Å². The van der Waals surface area contributed by atoms with Crippen LogP contribution in [0.3, 0.4) is 0 Å². The zero-order valence-electron chi connectivity index (χ0n) is 9.90. The van der Waals surface area contributed by atoms with Crippen LogP contribution in [0.15, 0.2) is 48.5 Å². The Bertz CT molecular complexity index is 704. The van der Waals surface area contributed by atoms with Crippen molar-refractivity contribution in [3.05, 3.63) is 63.5 Å². The molecule has 0 unspecified atom stereocenters. The van der Waals surface area contributed by atoms with Gasteiger partial charge in [-0.2, -0.15) is 0 Å².